The Balaban J connectivity index is 1.63. The van der Waals surface area contributed by atoms with Crippen molar-refractivity contribution in [2.45, 2.75) is 13.5 Å². The molecule has 2 aromatic carbocycles. The van der Waals surface area contributed by atoms with Gasteiger partial charge in [-0.25, -0.2) is 14.1 Å². The van der Waals surface area contributed by atoms with Gasteiger partial charge in [0.05, 0.1) is 23.3 Å². The van der Waals surface area contributed by atoms with E-state index in [4.69, 9.17) is 0 Å². The van der Waals surface area contributed by atoms with Crippen molar-refractivity contribution in [1.82, 2.24) is 25.1 Å². The van der Waals surface area contributed by atoms with E-state index in [1.807, 2.05) is 43.5 Å². The van der Waals surface area contributed by atoms with Gasteiger partial charge in [0.2, 0.25) is 0 Å². The second-order valence-electron chi connectivity index (χ2n) is 6.52. The molecule has 1 N–H and O–H groups in total. The van der Waals surface area contributed by atoms with Gasteiger partial charge in [0.25, 0.3) is 5.91 Å². The van der Waals surface area contributed by atoms with Crippen LogP contribution >= 0.6 is 0 Å². The van der Waals surface area contributed by atoms with Crippen LogP contribution in [0.15, 0.2) is 73.2 Å². The highest BCUT2D eigenvalue weighted by Crippen LogP contribution is 2.24. The van der Waals surface area contributed by atoms with Gasteiger partial charge in [0.15, 0.2) is 0 Å². The van der Waals surface area contributed by atoms with Gasteiger partial charge < -0.3 is 5.32 Å². The second kappa shape index (κ2) is 8.02. The summed E-state index contributed by atoms with van der Waals surface area (Å²) in [6, 6.07) is 15.8. The number of carbonyl (C=O) groups is 1. The fraction of sp³-hybridized carbons (Fsp3) is 0.0909. The van der Waals surface area contributed by atoms with Crippen molar-refractivity contribution < 1.29 is 9.18 Å². The highest BCUT2D eigenvalue weighted by atomic mass is 19.1. The minimum Gasteiger partial charge on any atom is -0.346 e. The molecule has 0 aliphatic heterocycles. The molecule has 0 atom stereocenters. The van der Waals surface area contributed by atoms with E-state index in [1.165, 1.54) is 18.3 Å². The average Bonchev–Trinajstić information content (AvgIpc) is 3.18. The number of para-hydroxylation sites is 1. The van der Waals surface area contributed by atoms with Crippen molar-refractivity contribution in [2.75, 3.05) is 0 Å². The van der Waals surface area contributed by atoms with Crippen LogP contribution in [0.4, 0.5) is 4.39 Å². The van der Waals surface area contributed by atoms with E-state index in [0.29, 0.717) is 5.69 Å². The predicted molar refractivity (Wildman–Crippen MR) is 107 cm³/mol. The van der Waals surface area contributed by atoms with Crippen LogP contribution < -0.4 is 5.32 Å². The summed E-state index contributed by atoms with van der Waals surface area (Å²) in [5, 5.41) is 7.51. The van der Waals surface area contributed by atoms with Gasteiger partial charge in [-0.05, 0) is 43.3 Å². The highest BCUT2D eigenvalue weighted by Gasteiger charge is 2.15. The van der Waals surface area contributed by atoms with Crippen molar-refractivity contribution in [1.29, 1.82) is 0 Å². The number of amides is 1. The smallest absolute Gasteiger partial charge is 0.271 e. The zero-order valence-electron chi connectivity index (χ0n) is 15.7. The molecular weight excluding hydrogens is 369 g/mol. The monoisotopic (exact) mass is 387 g/mol. The number of rotatable bonds is 5. The van der Waals surface area contributed by atoms with E-state index >= 15 is 0 Å². The molecule has 144 valence electrons. The lowest BCUT2D eigenvalue weighted by Gasteiger charge is -2.05. The maximum Gasteiger partial charge on any atom is 0.271 e. The molecule has 4 aromatic rings. The minimum atomic E-state index is -0.324. The fourth-order valence-electron chi connectivity index (χ4n) is 2.88. The zero-order chi connectivity index (χ0) is 20.2. The molecule has 0 fully saturated rings. The Hall–Kier alpha value is -3.87. The van der Waals surface area contributed by atoms with Crippen LogP contribution in [0, 0.1) is 12.7 Å². The molecular formula is C22H18FN5O. The third-order valence-corrected chi connectivity index (χ3v) is 4.38. The molecule has 7 heteroatoms. The summed E-state index contributed by atoms with van der Waals surface area (Å²) in [6.07, 6.45) is 4.85. The van der Waals surface area contributed by atoms with Gasteiger partial charge in [0, 0.05) is 30.1 Å². The Morgan fingerprint density at radius 1 is 1.03 bits per heavy atom. The topological polar surface area (TPSA) is 72.7 Å². The Morgan fingerprint density at radius 3 is 2.48 bits per heavy atom. The second-order valence-corrected chi connectivity index (χ2v) is 6.52. The Bertz CT molecular complexity index is 1120. The molecule has 2 aromatic heterocycles. The fourth-order valence-corrected chi connectivity index (χ4v) is 2.88. The van der Waals surface area contributed by atoms with E-state index in [1.54, 1.807) is 23.0 Å². The molecule has 2 heterocycles. The minimum absolute atomic E-state index is 0.244. The predicted octanol–water partition coefficient (Wildman–Crippen LogP) is 3.71. The molecule has 0 aliphatic rings. The number of nitrogens with one attached hydrogen (secondary N) is 1. The first-order chi connectivity index (χ1) is 14.1. The van der Waals surface area contributed by atoms with Crippen LogP contribution in [0.3, 0.4) is 0 Å². The lowest BCUT2D eigenvalue weighted by molar-refractivity contribution is 0.0945. The Labute approximate surface area is 167 Å². The number of aromatic nitrogens is 4. The molecule has 29 heavy (non-hydrogen) atoms. The molecule has 0 bridgehead atoms. The summed E-state index contributed by atoms with van der Waals surface area (Å²) in [7, 11) is 0. The quantitative estimate of drug-likeness (QED) is 0.567. The van der Waals surface area contributed by atoms with Gasteiger partial charge in [-0.3, -0.25) is 9.78 Å². The number of nitrogens with zero attached hydrogens (tertiary/aromatic N) is 4. The molecule has 0 saturated carbocycles. The van der Waals surface area contributed by atoms with Gasteiger partial charge in [-0.1, -0.05) is 18.2 Å². The van der Waals surface area contributed by atoms with Gasteiger partial charge >= 0.3 is 0 Å². The third kappa shape index (κ3) is 4.19. The summed E-state index contributed by atoms with van der Waals surface area (Å²) in [5.41, 5.74) is 4.11. The third-order valence-electron chi connectivity index (χ3n) is 4.38. The van der Waals surface area contributed by atoms with Gasteiger partial charge in [-0.15, -0.1) is 0 Å². The lowest BCUT2D eigenvalue weighted by Crippen LogP contribution is -2.24. The lowest BCUT2D eigenvalue weighted by atomic mass is 10.1. The number of hydrogen-bond acceptors (Lipinski definition) is 4. The van der Waals surface area contributed by atoms with Crippen molar-refractivity contribution >= 4 is 5.91 Å². The van der Waals surface area contributed by atoms with Crippen molar-refractivity contribution in [3.63, 3.8) is 0 Å². The van der Waals surface area contributed by atoms with E-state index in [0.717, 1.165) is 22.5 Å². The standard InChI is InChI=1S/C22H18FN5O/c1-15-11-25-20(13-24-15)22(29)26-12-17-14-28(19-5-3-2-4-6-19)27-21(17)16-7-9-18(23)10-8-16/h2-11,13-14H,12H2,1H3,(H,26,29). The van der Waals surface area contributed by atoms with E-state index in [2.05, 4.69) is 20.4 Å². The summed E-state index contributed by atoms with van der Waals surface area (Å²) in [4.78, 5) is 20.6. The summed E-state index contributed by atoms with van der Waals surface area (Å²) < 4.78 is 15.1. The number of benzene rings is 2. The molecule has 0 spiro atoms. The van der Waals surface area contributed by atoms with Crippen molar-refractivity contribution in [2.24, 2.45) is 0 Å². The maximum absolute atomic E-state index is 13.3. The molecule has 0 aliphatic carbocycles. The van der Waals surface area contributed by atoms with Gasteiger partial charge in [0.1, 0.15) is 11.5 Å². The number of halogens is 1. The molecule has 1 amide bonds. The van der Waals surface area contributed by atoms with Crippen LogP contribution in [-0.2, 0) is 6.54 Å². The largest absolute Gasteiger partial charge is 0.346 e. The molecule has 0 saturated heterocycles. The van der Waals surface area contributed by atoms with Crippen LogP contribution in [0.1, 0.15) is 21.7 Å². The molecule has 0 unspecified atom stereocenters. The maximum atomic E-state index is 13.3. The van der Waals surface area contributed by atoms with Gasteiger partial charge in [-0.2, -0.15) is 5.10 Å². The Morgan fingerprint density at radius 2 is 1.79 bits per heavy atom. The SMILES string of the molecule is Cc1cnc(C(=O)NCc2cn(-c3ccccc3)nc2-c2ccc(F)cc2)cn1. The Kier molecular flexibility index (Phi) is 5.11. The average molecular weight is 387 g/mol. The molecule has 6 nitrogen and oxygen atoms in total. The first-order valence-electron chi connectivity index (χ1n) is 9.07. The van der Waals surface area contributed by atoms with Crippen molar-refractivity contribution in [3.05, 3.63) is 96.0 Å². The summed E-state index contributed by atoms with van der Waals surface area (Å²) >= 11 is 0. The van der Waals surface area contributed by atoms with E-state index in [9.17, 15) is 9.18 Å². The number of hydrogen-bond donors (Lipinski definition) is 1. The number of carbonyl (C=O) groups excluding carboxylic acids is 1. The van der Waals surface area contributed by atoms with Crippen LogP contribution in [0.2, 0.25) is 0 Å². The van der Waals surface area contributed by atoms with Crippen LogP contribution in [0.5, 0.6) is 0 Å². The van der Waals surface area contributed by atoms with Crippen LogP contribution in [0.25, 0.3) is 16.9 Å². The first-order valence-corrected chi connectivity index (χ1v) is 9.07. The zero-order valence-corrected chi connectivity index (χ0v) is 15.7. The highest BCUT2D eigenvalue weighted by molar-refractivity contribution is 5.91. The van der Waals surface area contributed by atoms with Crippen LogP contribution in [-0.4, -0.2) is 25.7 Å². The molecule has 0 radical (unpaired) electrons. The normalized spacial score (nSPS) is 10.7. The molecule has 4 rings (SSSR count). The first kappa shape index (κ1) is 18.5. The van der Waals surface area contributed by atoms with E-state index < -0.39 is 0 Å². The summed E-state index contributed by atoms with van der Waals surface area (Å²) in [5.74, 6) is -0.640. The van der Waals surface area contributed by atoms with E-state index in [-0.39, 0.29) is 24.0 Å². The summed E-state index contributed by atoms with van der Waals surface area (Å²) in [6.45, 7) is 2.05. The van der Waals surface area contributed by atoms with Crippen molar-refractivity contribution in [3.8, 4) is 16.9 Å². The number of aryl methyl sites for hydroxylation is 1.